The van der Waals surface area contributed by atoms with Crippen molar-refractivity contribution in [2.45, 2.75) is 36.8 Å². The molecule has 2 atom stereocenters. The van der Waals surface area contributed by atoms with Crippen LogP contribution in [0.15, 0.2) is 4.21 Å². The fraction of sp³-hybridized carbons (Fsp3) is 0.667. The Morgan fingerprint density at radius 1 is 1.35 bits per heavy atom. The van der Waals surface area contributed by atoms with Gasteiger partial charge in [-0.1, -0.05) is 24.2 Å². The molecular formula is C12H15ClN2O3S2. The summed E-state index contributed by atoms with van der Waals surface area (Å²) in [5.41, 5.74) is 0.327. The van der Waals surface area contributed by atoms with E-state index in [4.69, 9.17) is 10.7 Å². The summed E-state index contributed by atoms with van der Waals surface area (Å²) < 4.78 is 22.7. The summed E-state index contributed by atoms with van der Waals surface area (Å²) >= 11 is 0.910. The number of thiazole rings is 1. The molecule has 1 N–H and O–H groups in total. The fourth-order valence-corrected chi connectivity index (χ4v) is 5.59. The molecule has 8 heteroatoms. The zero-order valence-corrected chi connectivity index (χ0v) is 13.3. The lowest BCUT2D eigenvalue weighted by Crippen LogP contribution is -2.15. The van der Waals surface area contributed by atoms with Crippen molar-refractivity contribution in [1.29, 1.82) is 0 Å². The Labute approximate surface area is 126 Å². The van der Waals surface area contributed by atoms with Crippen molar-refractivity contribution in [3.8, 4) is 0 Å². The minimum absolute atomic E-state index is 0.00248. The van der Waals surface area contributed by atoms with E-state index >= 15 is 0 Å². The summed E-state index contributed by atoms with van der Waals surface area (Å²) in [5.74, 6) is 1.08. The van der Waals surface area contributed by atoms with Crippen LogP contribution in [0.5, 0.6) is 0 Å². The van der Waals surface area contributed by atoms with Crippen molar-refractivity contribution in [3.05, 3.63) is 5.69 Å². The molecule has 0 aliphatic heterocycles. The standard InChI is InChI=1S/C12H15ClN2O3S2/c1-6-11(20(13,17)18)19-12(14-6)15-10(16)9-7-4-2-3-5-8(7)9/h7-9H,2-5H2,1H3,(H,14,15,16). The predicted octanol–water partition coefficient (Wildman–Crippen LogP) is 2.75. The lowest BCUT2D eigenvalue weighted by molar-refractivity contribution is -0.117. The van der Waals surface area contributed by atoms with Crippen LogP contribution in [0, 0.1) is 24.7 Å². The molecule has 1 amide bonds. The summed E-state index contributed by atoms with van der Waals surface area (Å²) in [4.78, 5) is 16.3. The molecule has 2 unspecified atom stereocenters. The van der Waals surface area contributed by atoms with Gasteiger partial charge in [-0.25, -0.2) is 13.4 Å². The third-order valence-electron chi connectivity index (χ3n) is 4.16. The van der Waals surface area contributed by atoms with Gasteiger partial charge in [0.05, 0.1) is 5.69 Å². The maximum Gasteiger partial charge on any atom is 0.272 e. The van der Waals surface area contributed by atoms with E-state index in [2.05, 4.69) is 10.3 Å². The number of aryl methyl sites for hydroxylation is 1. The smallest absolute Gasteiger partial charge is 0.272 e. The highest BCUT2D eigenvalue weighted by Gasteiger charge is 2.54. The number of aromatic nitrogens is 1. The van der Waals surface area contributed by atoms with Crippen LogP contribution in [-0.2, 0) is 13.8 Å². The molecular weight excluding hydrogens is 320 g/mol. The minimum atomic E-state index is -3.80. The number of nitrogens with zero attached hydrogens (tertiary/aromatic N) is 1. The molecule has 0 spiro atoms. The number of nitrogens with one attached hydrogen (secondary N) is 1. The van der Waals surface area contributed by atoms with E-state index < -0.39 is 9.05 Å². The Hall–Kier alpha value is -0.660. The molecule has 0 saturated heterocycles. The number of anilines is 1. The molecule has 0 bridgehead atoms. The first-order valence-electron chi connectivity index (χ1n) is 6.61. The van der Waals surface area contributed by atoms with Crippen molar-refractivity contribution in [3.63, 3.8) is 0 Å². The summed E-state index contributed by atoms with van der Waals surface area (Å²) in [6.07, 6.45) is 4.66. The van der Waals surface area contributed by atoms with Crippen LogP contribution in [0.4, 0.5) is 5.13 Å². The first kappa shape index (κ1) is 14.3. The summed E-state index contributed by atoms with van der Waals surface area (Å²) in [6.45, 7) is 1.57. The Balaban J connectivity index is 1.71. The summed E-state index contributed by atoms with van der Waals surface area (Å²) in [5, 5.41) is 3.05. The van der Waals surface area contributed by atoms with Crippen LogP contribution in [-0.4, -0.2) is 19.3 Å². The van der Waals surface area contributed by atoms with E-state index in [1.807, 2.05) is 0 Å². The highest BCUT2D eigenvalue weighted by Crippen LogP contribution is 2.55. The van der Waals surface area contributed by atoms with Gasteiger partial charge in [-0.2, -0.15) is 0 Å². The number of carbonyl (C=O) groups is 1. The summed E-state index contributed by atoms with van der Waals surface area (Å²) in [7, 11) is 1.52. The van der Waals surface area contributed by atoms with Crippen LogP contribution in [0.3, 0.4) is 0 Å². The van der Waals surface area contributed by atoms with E-state index in [-0.39, 0.29) is 16.0 Å². The van der Waals surface area contributed by atoms with Crippen molar-refractivity contribution >= 4 is 42.1 Å². The second-order valence-corrected chi connectivity index (χ2v) is 9.22. The van der Waals surface area contributed by atoms with Gasteiger partial charge in [0.25, 0.3) is 9.05 Å². The number of fused-ring (bicyclic) bond motifs is 1. The molecule has 110 valence electrons. The Morgan fingerprint density at radius 3 is 2.45 bits per heavy atom. The number of hydrogen-bond acceptors (Lipinski definition) is 5. The first-order chi connectivity index (χ1) is 9.38. The maximum absolute atomic E-state index is 12.2. The Morgan fingerprint density at radius 2 is 1.95 bits per heavy atom. The number of amides is 1. The molecule has 2 fully saturated rings. The zero-order valence-electron chi connectivity index (χ0n) is 10.9. The van der Waals surface area contributed by atoms with Crippen LogP contribution in [0.25, 0.3) is 0 Å². The van der Waals surface area contributed by atoms with Gasteiger partial charge in [-0.3, -0.25) is 4.79 Å². The van der Waals surface area contributed by atoms with Crippen molar-refractivity contribution in [2.24, 2.45) is 17.8 Å². The lowest BCUT2D eigenvalue weighted by Gasteiger charge is -2.04. The normalized spacial score (nSPS) is 28.8. The van der Waals surface area contributed by atoms with Gasteiger partial charge in [-0.05, 0) is 31.6 Å². The number of halogens is 1. The SMILES string of the molecule is Cc1nc(NC(=O)C2C3CCCCC32)sc1S(=O)(=O)Cl. The second kappa shape index (κ2) is 4.96. The second-order valence-electron chi connectivity index (χ2n) is 5.46. The van der Waals surface area contributed by atoms with E-state index in [0.717, 1.165) is 24.2 Å². The molecule has 1 heterocycles. The molecule has 20 heavy (non-hydrogen) atoms. The van der Waals surface area contributed by atoms with Crippen LogP contribution in [0.2, 0.25) is 0 Å². The van der Waals surface area contributed by atoms with Crippen LogP contribution < -0.4 is 5.32 Å². The van der Waals surface area contributed by atoms with Gasteiger partial charge in [0.1, 0.15) is 0 Å². The average Bonchev–Trinajstić information content (AvgIpc) is 2.97. The zero-order chi connectivity index (χ0) is 14.5. The first-order valence-corrected chi connectivity index (χ1v) is 9.73. The highest BCUT2D eigenvalue weighted by molar-refractivity contribution is 8.15. The third-order valence-corrected chi connectivity index (χ3v) is 7.42. The van der Waals surface area contributed by atoms with Crippen molar-refractivity contribution in [2.75, 3.05) is 5.32 Å². The minimum Gasteiger partial charge on any atom is -0.302 e. The van der Waals surface area contributed by atoms with Gasteiger partial charge in [0.2, 0.25) is 5.91 Å². The molecule has 2 aliphatic carbocycles. The predicted molar refractivity (Wildman–Crippen MR) is 77.5 cm³/mol. The van der Waals surface area contributed by atoms with Crippen molar-refractivity contribution in [1.82, 2.24) is 4.98 Å². The number of rotatable bonds is 3. The number of carbonyl (C=O) groups excluding carboxylic acids is 1. The third kappa shape index (κ3) is 2.58. The average molecular weight is 335 g/mol. The van der Waals surface area contributed by atoms with Gasteiger partial charge in [-0.15, -0.1) is 0 Å². The fourth-order valence-electron chi connectivity index (χ4n) is 3.23. The molecule has 3 rings (SSSR count). The molecule has 0 aromatic carbocycles. The molecule has 1 aromatic rings. The molecule has 2 saturated carbocycles. The van der Waals surface area contributed by atoms with E-state index in [1.165, 1.54) is 12.8 Å². The lowest BCUT2D eigenvalue weighted by atomic mass is 10.0. The maximum atomic E-state index is 12.2. The van der Waals surface area contributed by atoms with E-state index in [0.29, 0.717) is 22.7 Å². The van der Waals surface area contributed by atoms with E-state index in [9.17, 15) is 13.2 Å². The quantitative estimate of drug-likeness (QED) is 0.862. The largest absolute Gasteiger partial charge is 0.302 e. The monoisotopic (exact) mass is 334 g/mol. The van der Waals surface area contributed by atoms with Crippen LogP contribution >= 0.6 is 22.0 Å². The molecule has 2 aliphatic rings. The summed E-state index contributed by atoms with van der Waals surface area (Å²) in [6, 6.07) is 0. The Bertz CT molecular complexity index is 644. The number of hydrogen-bond donors (Lipinski definition) is 1. The Kier molecular flexibility index (Phi) is 3.54. The molecule has 0 radical (unpaired) electrons. The topological polar surface area (TPSA) is 76.1 Å². The van der Waals surface area contributed by atoms with Gasteiger partial charge < -0.3 is 5.32 Å². The van der Waals surface area contributed by atoms with Crippen LogP contribution in [0.1, 0.15) is 31.4 Å². The molecule has 5 nitrogen and oxygen atoms in total. The van der Waals surface area contributed by atoms with Gasteiger partial charge >= 0.3 is 0 Å². The van der Waals surface area contributed by atoms with Gasteiger partial charge in [0.15, 0.2) is 9.34 Å². The van der Waals surface area contributed by atoms with E-state index in [1.54, 1.807) is 6.92 Å². The van der Waals surface area contributed by atoms with Gasteiger partial charge in [0, 0.05) is 16.6 Å². The highest BCUT2D eigenvalue weighted by atomic mass is 35.7. The van der Waals surface area contributed by atoms with Crippen molar-refractivity contribution < 1.29 is 13.2 Å². The molecule has 1 aromatic heterocycles.